The molecular weight excluding hydrogens is 322 g/mol. The Labute approximate surface area is 154 Å². The van der Waals surface area contributed by atoms with Crippen LogP contribution < -0.4 is 0 Å². The van der Waals surface area contributed by atoms with Crippen molar-refractivity contribution < 1.29 is 0 Å². The normalized spacial score (nSPS) is 15.8. The minimum atomic E-state index is 0.640. The molecule has 134 valence electrons. The van der Waals surface area contributed by atoms with E-state index in [1.807, 2.05) is 36.5 Å². The van der Waals surface area contributed by atoms with Crippen molar-refractivity contribution in [1.82, 2.24) is 19.4 Å². The molecule has 1 aromatic carbocycles. The zero-order valence-electron chi connectivity index (χ0n) is 15.5. The average Bonchev–Trinajstić information content (AvgIpc) is 3.25. The van der Waals surface area contributed by atoms with E-state index in [1.54, 1.807) is 11.0 Å². The van der Waals surface area contributed by atoms with Crippen molar-refractivity contribution in [2.24, 2.45) is 5.10 Å². The summed E-state index contributed by atoms with van der Waals surface area (Å²) in [6.07, 6.45) is 10.2. The van der Waals surface area contributed by atoms with Crippen molar-refractivity contribution in [2.45, 2.75) is 52.0 Å². The first-order valence-electron chi connectivity index (χ1n) is 9.42. The van der Waals surface area contributed by atoms with E-state index in [0.717, 1.165) is 11.4 Å². The van der Waals surface area contributed by atoms with Gasteiger partial charge in [0.25, 0.3) is 0 Å². The molecular formula is C21H25N5. The summed E-state index contributed by atoms with van der Waals surface area (Å²) in [7, 11) is 0. The topological polar surface area (TPSA) is 48.0 Å². The SMILES string of the molecule is Cc1cc(/C=N\n2cnnc2-c2ccccc2)c(C)n1C1CCCCC1. The van der Waals surface area contributed by atoms with E-state index in [4.69, 9.17) is 0 Å². The van der Waals surface area contributed by atoms with Crippen LogP contribution in [-0.4, -0.2) is 25.7 Å². The number of benzene rings is 1. The highest BCUT2D eigenvalue weighted by molar-refractivity contribution is 5.81. The van der Waals surface area contributed by atoms with Crippen LogP contribution in [-0.2, 0) is 0 Å². The smallest absolute Gasteiger partial charge is 0.184 e. The van der Waals surface area contributed by atoms with Gasteiger partial charge in [0.1, 0.15) is 6.33 Å². The van der Waals surface area contributed by atoms with E-state index in [2.05, 4.69) is 39.8 Å². The Kier molecular flexibility index (Phi) is 4.69. The van der Waals surface area contributed by atoms with Crippen LogP contribution >= 0.6 is 0 Å². The second-order valence-electron chi connectivity index (χ2n) is 7.10. The standard InChI is InChI=1S/C21H25N5/c1-16-13-19(17(2)26(16)20-11-7-4-8-12-20)14-23-25-15-22-24-21(25)18-9-5-3-6-10-18/h3,5-6,9-10,13-15,20H,4,7-8,11-12H2,1-2H3/b23-14-. The van der Waals surface area contributed by atoms with Gasteiger partial charge in [0.2, 0.25) is 0 Å². The lowest BCUT2D eigenvalue weighted by Gasteiger charge is -2.26. The highest BCUT2D eigenvalue weighted by Crippen LogP contribution is 2.31. The first-order valence-corrected chi connectivity index (χ1v) is 9.42. The Balaban J connectivity index is 1.62. The molecule has 0 atom stereocenters. The summed E-state index contributed by atoms with van der Waals surface area (Å²) in [5, 5.41) is 12.9. The summed E-state index contributed by atoms with van der Waals surface area (Å²) in [5.74, 6) is 0.753. The predicted molar refractivity (Wildman–Crippen MR) is 104 cm³/mol. The monoisotopic (exact) mass is 347 g/mol. The van der Waals surface area contributed by atoms with Crippen LogP contribution in [0.2, 0.25) is 0 Å². The fourth-order valence-electron chi connectivity index (χ4n) is 4.05. The van der Waals surface area contributed by atoms with Crippen LogP contribution in [0.25, 0.3) is 11.4 Å². The van der Waals surface area contributed by atoms with Crippen LogP contribution in [0.3, 0.4) is 0 Å². The van der Waals surface area contributed by atoms with E-state index in [0.29, 0.717) is 6.04 Å². The number of hydrogen-bond donors (Lipinski definition) is 0. The van der Waals surface area contributed by atoms with Gasteiger partial charge in [0, 0.05) is 28.6 Å². The first kappa shape index (κ1) is 16.8. The molecule has 1 aliphatic rings. The minimum absolute atomic E-state index is 0.640. The molecule has 0 bridgehead atoms. The third-order valence-electron chi connectivity index (χ3n) is 5.35. The summed E-state index contributed by atoms with van der Waals surface area (Å²) in [6, 6.07) is 12.9. The predicted octanol–water partition coefficient (Wildman–Crippen LogP) is 4.75. The van der Waals surface area contributed by atoms with Crippen LogP contribution in [0.1, 0.15) is 55.1 Å². The molecule has 2 aromatic heterocycles. The highest BCUT2D eigenvalue weighted by atomic mass is 15.4. The second kappa shape index (κ2) is 7.28. The van der Waals surface area contributed by atoms with Gasteiger partial charge in [0.05, 0.1) is 6.21 Å². The lowest BCUT2D eigenvalue weighted by Crippen LogP contribution is -2.15. The fraction of sp³-hybridized carbons (Fsp3) is 0.381. The molecule has 5 nitrogen and oxygen atoms in total. The van der Waals surface area contributed by atoms with Gasteiger partial charge in [-0.15, -0.1) is 10.2 Å². The maximum Gasteiger partial charge on any atom is 0.184 e. The Morgan fingerprint density at radius 3 is 2.62 bits per heavy atom. The fourth-order valence-corrected chi connectivity index (χ4v) is 4.05. The van der Waals surface area contributed by atoms with Gasteiger partial charge in [0.15, 0.2) is 5.82 Å². The van der Waals surface area contributed by atoms with E-state index in [-0.39, 0.29) is 0 Å². The molecule has 5 heteroatoms. The third-order valence-corrected chi connectivity index (χ3v) is 5.35. The second-order valence-corrected chi connectivity index (χ2v) is 7.10. The van der Waals surface area contributed by atoms with E-state index in [9.17, 15) is 0 Å². The van der Waals surface area contributed by atoms with Crippen LogP contribution in [0, 0.1) is 13.8 Å². The Bertz CT molecular complexity index is 898. The van der Waals surface area contributed by atoms with Gasteiger partial charge >= 0.3 is 0 Å². The average molecular weight is 347 g/mol. The molecule has 1 fully saturated rings. The zero-order valence-corrected chi connectivity index (χ0v) is 15.5. The summed E-state index contributed by atoms with van der Waals surface area (Å²) < 4.78 is 4.24. The maximum atomic E-state index is 4.63. The van der Waals surface area contributed by atoms with Crippen molar-refractivity contribution in [3.8, 4) is 11.4 Å². The van der Waals surface area contributed by atoms with Gasteiger partial charge in [-0.05, 0) is 32.8 Å². The molecule has 0 unspecified atom stereocenters. The van der Waals surface area contributed by atoms with Gasteiger partial charge in [-0.25, -0.2) is 0 Å². The molecule has 2 heterocycles. The van der Waals surface area contributed by atoms with Crippen molar-refractivity contribution in [3.05, 3.63) is 59.7 Å². The number of aryl methyl sites for hydroxylation is 1. The molecule has 4 rings (SSSR count). The molecule has 0 N–H and O–H groups in total. The summed E-state index contributed by atoms with van der Waals surface area (Å²) in [4.78, 5) is 0. The van der Waals surface area contributed by atoms with Crippen molar-refractivity contribution >= 4 is 6.21 Å². The van der Waals surface area contributed by atoms with Crippen molar-refractivity contribution in [2.75, 3.05) is 0 Å². The lowest BCUT2D eigenvalue weighted by molar-refractivity contribution is 0.346. The lowest BCUT2D eigenvalue weighted by atomic mass is 9.95. The summed E-state index contributed by atoms with van der Waals surface area (Å²) >= 11 is 0. The molecule has 0 saturated heterocycles. The Hall–Kier alpha value is -2.69. The Morgan fingerprint density at radius 2 is 1.85 bits per heavy atom. The van der Waals surface area contributed by atoms with Crippen LogP contribution in [0.15, 0.2) is 47.8 Å². The maximum absolute atomic E-state index is 4.63. The quantitative estimate of drug-likeness (QED) is 0.639. The van der Waals surface area contributed by atoms with E-state index >= 15 is 0 Å². The van der Waals surface area contributed by atoms with E-state index in [1.165, 1.54) is 49.1 Å². The third kappa shape index (κ3) is 3.21. The molecule has 26 heavy (non-hydrogen) atoms. The van der Waals surface area contributed by atoms with E-state index < -0.39 is 0 Å². The number of hydrogen-bond acceptors (Lipinski definition) is 3. The number of rotatable bonds is 4. The summed E-state index contributed by atoms with van der Waals surface area (Å²) in [6.45, 7) is 4.40. The highest BCUT2D eigenvalue weighted by Gasteiger charge is 2.19. The molecule has 0 aliphatic heterocycles. The Morgan fingerprint density at radius 1 is 1.08 bits per heavy atom. The number of aromatic nitrogens is 4. The van der Waals surface area contributed by atoms with Crippen LogP contribution in [0.5, 0.6) is 0 Å². The van der Waals surface area contributed by atoms with Gasteiger partial charge in [-0.3, -0.25) is 0 Å². The molecule has 0 amide bonds. The molecule has 1 aliphatic carbocycles. The van der Waals surface area contributed by atoms with Gasteiger partial charge in [-0.1, -0.05) is 49.6 Å². The first-order chi connectivity index (χ1) is 12.7. The number of nitrogens with zero attached hydrogens (tertiary/aromatic N) is 5. The molecule has 0 radical (unpaired) electrons. The molecule has 0 spiro atoms. The van der Waals surface area contributed by atoms with Gasteiger partial charge in [-0.2, -0.15) is 9.78 Å². The summed E-state index contributed by atoms with van der Waals surface area (Å²) in [5.41, 5.74) is 4.80. The molecule has 3 aromatic rings. The van der Waals surface area contributed by atoms with Crippen molar-refractivity contribution in [3.63, 3.8) is 0 Å². The van der Waals surface area contributed by atoms with Gasteiger partial charge < -0.3 is 4.57 Å². The van der Waals surface area contributed by atoms with Crippen molar-refractivity contribution in [1.29, 1.82) is 0 Å². The largest absolute Gasteiger partial charge is 0.345 e. The minimum Gasteiger partial charge on any atom is -0.345 e. The molecule has 1 saturated carbocycles. The zero-order chi connectivity index (χ0) is 17.9. The van der Waals surface area contributed by atoms with Crippen LogP contribution in [0.4, 0.5) is 0 Å².